The lowest BCUT2D eigenvalue weighted by molar-refractivity contribution is 0.191. The molecule has 0 spiro atoms. The SMILES string of the molecule is OC(CNc1nc(-c2ccccc2)ns1)c1ccc(F)cc1. The van der Waals surface area contributed by atoms with E-state index in [2.05, 4.69) is 14.7 Å². The first kappa shape index (κ1) is 14.6. The van der Waals surface area contributed by atoms with Crippen molar-refractivity contribution in [3.05, 3.63) is 66.0 Å². The Morgan fingerprint density at radius 2 is 1.82 bits per heavy atom. The minimum atomic E-state index is -0.732. The van der Waals surface area contributed by atoms with Crippen LogP contribution in [-0.2, 0) is 0 Å². The van der Waals surface area contributed by atoms with Gasteiger partial charge < -0.3 is 10.4 Å². The molecule has 6 heteroatoms. The van der Waals surface area contributed by atoms with E-state index < -0.39 is 6.10 Å². The van der Waals surface area contributed by atoms with E-state index in [1.807, 2.05) is 30.3 Å². The van der Waals surface area contributed by atoms with Gasteiger partial charge in [-0.05, 0) is 17.7 Å². The smallest absolute Gasteiger partial charge is 0.202 e. The Bertz CT molecular complexity index is 731. The van der Waals surface area contributed by atoms with Gasteiger partial charge in [0.25, 0.3) is 0 Å². The number of hydrogen-bond donors (Lipinski definition) is 2. The second-order valence-electron chi connectivity index (χ2n) is 4.74. The lowest BCUT2D eigenvalue weighted by Crippen LogP contribution is -2.11. The summed E-state index contributed by atoms with van der Waals surface area (Å²) in [5.41, 5.74) is 1.60. The molecule has 112 valence electrons. The van der Waals surface area contributed by atoms with E-state index in [1.54, 1.807) is 12.1 Å². The normalized spacial score (nSPS) is 12.1. The average Bonchev–Trinajstić information content (AvgIpc) is 3.03. The summed E-state index contributed by atoms with van der Waals surface area (Å²) in [6.45, 7) is 0.287. The highest BCUT2D eigenvalue weighted by molar-refractivity contribution is 7.09. The molecule has 22 heavy (non-hydrogen) atoms. The zero-order valence-corrected chi connectivity index (χ0v) is 12.4. The highest BCUT2D eigenvalue weighted by Gasteiger charge is 2.10. The van der Waals surface area contributed by atoms with E-state index in [1.165, 1.54) is 23.7 Å². The Labute approximate surface area is 131 Å². The first-order valence-electron chi connectivity index (χ1n) is 6.79. The molecule has 3 rings (SSSR count). The van der Waals surface area contributed by atoms with Gasteiger partial charge in [-0.2, -0.15) is 9.36 Å². The van der Waals surface area contributed by atoms with Gasteiger partial charge in [0.05, 0.1) is 6.10 Å². The van der Waals surface area contributed by atoms with Crippen molar-refractivity contribution < 1.29 is 9.50 Å². The molecule has 3 aromatic rings. The minimum absolute atomic E-state index is 0.287. The van der Waals surface area contributed by atoms with Crippen molar-refractivity contribution in [3.8, 4) is 11.4 Å². The fraction of sp³-hybridized carbons (Fsp3) is 0.125. The highest BCUT2D eigenvalue weighted by atomic mass is 32.1. The highest BCUT2D eigenvalue weighted by Crippen LogP contribution is 2.21. The molecule has 1 heterocycles. The summed E-state index contributed by atoms with van der Waals surface area (Å²) in [6.07, 6.45) is -0.732. The number of aliphatic hydroxyl groups is 1. The summed E-state index contributed by atoms with van der Waals surface area (Å²) in [4.78, 5) is 4.39. The summed E-state index contributed by atoms with van der Waals surface area (Å²) >= 11 is 1.24. The second-order valence-corrected chi connectivity index (χ2v) is 5.49. The number of rotatable bonds is 5. The molecule has 2 aromatic carbocycles. The van der Waals surface area contributed by atoms with Crippen LogP contribution in [0.15, 0.2) is 54.6 Å². The molecule has 0 saturated heterocycles. The molecule has 0 bridgehead atoms. The van der Waals surface area contributed by atoms with Crippen LogP contribution in [-0.4, -0.2) is 21.0 Å². The van der Waals surface area contributed by atoms with E-state index >= 15 is 0 Å². The third-order valence-corrected chi connectivity index (χ3v) is 3.83. The quantitative estimate of drug-likeness (QED) is 0.757. The van der Waals surface area contributed by atoms with E-state index in [4.69, 9.17) is 0 Å². The first-order chi connectivity index (χ1) is 10.7. The number of nitrogens with zero attached hydrogens (tertiary/aromatic N) is 2. The Morgan fingerprint density at radius 1 is 1.09 bits per heavy atom. The molecule has 1 unspecified atom stereocenters. The zero-order chi connectivity index (χ0) is 15.4. The van der Waals surface area contributed by atoms with Gasteiger partial charge >= 0.3 is 0 Å². The average molecular weight is 315 g/mol. The van der Waals surface area contributed by atoms with Gasteiger partial charge in [0.2, 0.25) is 5.13 Å². The van der Waals surface area contributed by atoms with Gasteiger partial charge in [-0.15, -0.1) is 0 Å². The molecule has 1 atom stereocenters. The fourth-order valence-electron chi connectivity index (χ4n) is 1.99. The van der Waals surface area contributed by atoms with Crippen molar-refractivity contribution in [3.63, 3.8) is 0 Å². The number of halogens is 1. The topological polar surface area (TPSA) is 58.0 Å². The number of benzene rings is 2. The molecule has 0 saturated carbocycles. The molecule has 0 aliphatic heterocycles. The lowest BCUT2D eigenvalue weighted by Gasteiger charge is -2.11. The molecular weight excluding hydrogens is 301 g/mol. The number of aliphatic hydroxyl groups excluding tert-OH is 1. The molecule has 1 aromatic heterocycles. The van der Waals surface area contributed by atoms with Gasteiger partial charge in [0.15, 0.2) is 5.82 Å². The Morgan fingerprint density at radius 3 is 2.55 bits per heavy atom. The summed E-state index contributed by atoms with van der Waals surface area (Å²) < 4.78 is 17.1. The van der Waals surface area contributed by atoms with Crippen LogP contribution in [0.25, 0.3) is 11.4 Å². The van der Waals surface area contributed by atoms with Gasteiger partial charge in [-0.1, -0.05) is 42.5 Å². The molecular formula is C16H14FN3OS. The lowest BCUT2D eigenvalue weighted by atomic mass is 10.1. The van der Waals surface area contributed by atoms with Crippen molar-refractivity contribution in [2.75, 3.05) is 11.9 Å². The van der Waals surface area contributed by atoms with Crippen LogP contribution < -0.4 is 5.32 Å². The van der Waals surface area contributed by atoms with Crippen molar-refractivity contribution in [2.45, 2.75) is 6.10 Å². The molecule has 0 amide bonds. The Hall–Kier alpha value is -2.31. The van der Waals surface area contributed by atoms with Crippen LogP contribution in [0.3, 0.4) is 0 Å². The zero-order valence-electron chi connectivity index (χ0n) is 11.6. The predicted molar refractivity (Wildman–Crippen MR) is 85.2 cm³/mol. The first-order valence-corrected chi connectivity index (χ1v) is 7.56. The molecule has 2 N–H and O–H groups in total. The van der Waals surface area contributed by atoms with Crippen LogP contribution in [0, 0.1) is 5.82 Å². The van der Waals surface area contributed by atoms with Crippen LogP contribution >= 0.6 is 11.5 Å². The molecule has 0 radical (unpaired) electrons. The minimum Gasteiger partial charge on any atom is -0.387 e. The summed E-state index contributed by atoms with van der Waals surface area (Å²) in [6, 6.07) is 15.5. The monoisotopic (exact) mass is 315 g/mol. The van der Waals surface area contributed by atoms with E-state index in [9.17, 15) is 9.50 Å². The Kier molecular flexibility index (Phi) is 4.41. The van der Waals surface area contributed by atoms with Gasteiger partial charge in [0, 0.05) is 23.6 Å². The third-order valence-electron chi connectivity index (χ3n) is 3.16. The Balaban J connectivity index is 1.62. The van der Waals surface area contributed by atoms with E-state index in [0.29, 0.717) is 16.5 Å². The fourth-order valence-corrected chi connectivity index (χ4v) is 2.58. The molecule has 4 nitrogen and oxygen atoms in total. The van der Waals surface area contributed by atoms with E-state index in [0.717, 1.165) is 5.56 Å². The standard InChI is InChI=1S/C16H14FN3OS/c17-13-8-6-11(7-9-13)14(21)10-18-16-19-15(20-22-16)12-4-2-1-3-5-12/h1-9,14,21H,10H2,(H,18,19,20). The summed E-state index contributed by atoms with van der Waals surface area (Å²) in [5, 5.41) is 13.8. The third kappa shape index (κ3) is 3.47. The van der Waals surface area contributed by atoms with Crippen LogP contribution in [0.2, 0.25) is 0 Å². The van der Waals surface area contributed by atoms with E-state index in [-0.39, 0.29) is 12.4 Å². The molecule has 0 aliphatic rings. The molecule has 0 fully saturated rings. The summed E-state index contributed by atoms with van der Waals surface area (Å²) in [7, 11) is 0. The number of aromatic nitrogens is 2. The van der Waals surface area contributed by atoms with Gasteiger partial charge in [-0.25, -0.2) is 4.39 Å². The predicted octanol–water partition coefficient (Wildman–Crippen LogP) is 3.49. The maximum atomic E-state index is 12.9. The second kappa shape index (κ2) is 6.64. The number of nitrogens with one attached hydrogen (secondary N) is 1. The maximum Gasteiger partial charge on any atom is 0.202 e. The van der Waals surface area contributed by atoms with Gasteiger partial charge in [0.1, 0.15) is 5.82 Å². The van der Waals surface area contributed by atoms with Crippen molar-refractivity contribution >= 4 is 16.7 Å². The van der Waals surface area contributed by atoms with Crippen LogP contribution in [0.1, 0.15) is 11.7 Å². The van der Waals surface area contributed by atoms with Crippen LogP contribution in [0.4, 0.5) is 9.52 Å². The largest absolute Gasteiger partial charge is 0.387 e. The van der Waals surface area contributed by atoms with Crippen molar-refractivity contribution in [2.24, 2.45) is 0 Å². The van der Waals surface area contributed by atoms with Crippen molar-refractivity contribution in [1.82, 2.24) is 9.36 Å². The summed E-state index contributed by atoms with van der Waals surface area (Å²) in [5.74, 6) is 0.338. The number of hydrogen-bond acceptors (Lipinski definition) is 5. The van der Waals surface area contributed by atoms with Crippen molar-refractivity contribution in [1.29, 1.82) is 0 Å². The van der Waals surface area contributed by atoms with Gasteiger partial charge in [-0.3, -0.25) is 0 Å². The maximum absolute atomic E-state index is 12.9. The molecule has 0 aliphatic carbocycles. The van der Waals surface area contributed by atoms with Crippen LogP contribution in [0.5, 0.6) is 0 Å². The number of anilines is 1.